The molecule has 1 N–H and O–H groups in total. The van der Waals surface area contributed by atoms with E-state index in [0.717, 1.165) is 34.6 Å². The summed E-state index contributed by atoms with van der Waals surface area (Å²) in [5.74, 6) is -1.49. The zero-order chi connectivity index (χ0) is 22.9. The molecule has 3 aromatic rings. The van der Waals surface area contributed by atoms with E-state index in [4.69, 9.17) is 4.74 Å². The van der Waals surface area contributed by atoms with Crippen LogP contribution >= 0.6 is 0 Å². The number of amides is 1. The van der Waals surface area contributed by atoms with Gasteiger partial charge in [-0.1, -0.05) is 24.3 Å². The molecule has 0 fully saturated rings. The van der Waals surface area contributed by atoms with Gasteiger partial charge in [0.25, 0.3) is 0 Å². The van der Waals surface area contributed by atoms with Crippen molar-refractivity contribution in [3.8, 4) is 16.9 Å². The maximum absolute atomic E-state index is 13.3. The Morgan fingerprint density at radius 3 is 2.41 bits per heavy atom. The Labute approximate surface area is 185 Å². The Kier molecular flexibility index (Phi) is 5.97. The van der Waals surface area contributed by atoms with Gasteiger partial charge < -0.3 is 10.1 Å². The molecule has 166 valence electrons. The smallest absolute Gasteiger partial charge is 0.224 e. The monoisotopic (exact) mass is 457 g/mol. The lowest BCUT2D eigenvalue weighted by Gasteiger charge is -2.12. The van der Waals surface area contributed by atoms with Crippen molar-refractivity contribution in [2.24, 2.45) is 0 Å². The number of hydrogen-bond donors (Lipinski definition) is 1. The standard InChI is InChI=1S/C24H21F2NO4S/c1-32(29,30)20-6-3-16(4-7-20)17-5-9-23-18(12-17)13-19(31-23)14-27-24(28)11-15-2-8-21(25)22(26)10-15/h2-10,12,19H,11,13-14H2,1H3,(H,27,28). The molecule has 0 radical (unpaired) electrons. The molecule has 1 unspecified atom stereocenters. The summed E-state index contributed by atoms with van der Waals surface area (Å²) in [7, 11) is -3.25. The van der Waals surface area contributed by atoms with Gasteiger partial charge in [0.2, 0.25) is 5.91 Å². The summed E-state index contributed by atoms with van der Waals surface area (Å²) >= 11 is 0. The first-order chi connectivity index (χ1) is 15.2. The highest BCUT2D eigenvalue weighted by molar-refractivity contribution is 7.90. The molecule has 1 aliphatic rings. The zero-order valence-corrected chi connectivity index (χ0v) is 18.1. The van der Waals surface area contributed by atoms with Gasteiger partial charge in [-0.05, 0) is 58.7 Å². The molecule has 0 bridgehead atoms. The van der Waals surface area contributed by atoms with Crippen LogP contribution in [0.2, 0.25) is 0 Å². The first-order valence-electron chi connectivity index (χ1n) is 10.00. The number of nitrogens with one attached hydrogen (secondary N) is 1. The molecule has 4 rings (SSSR count). The molecule has 3 aromatic carbocycles. The number of sulfone groups is 1. The highest BCUT2D eigenvalue weighted by atomic mass is 32.2. The molecule has 1 amide bonds. The molecule has 1 atom stereocenters. The molecule has 1 heterocycles. The van der Waals surface area contributed by atoms with Gasteiger partial charge in [-0.3, -0.25) is 4.79 Å². The largest absolute Gasteiger partial charge is 0.488 e. The average molecular weight is 457 g/mol. The molecular weight excluding hydrogens is 436 g/mol. The van der Waals surface area contributed by atoms with E-state index in [0.29, 0.717) is 12.0 Å². The predicted octanol–water partition coefficient (Wildman–Crippen LogP) is 3.70. The summed E-state index contributed by atoms with van der Waals surface area (Å²) in [5, 5.41) is 2.77. The SMILES string of the molecule is CS(=O)(=O)c1ccc(-c2ccc3c(c2)CC(CNC(=O)Cc2ccc(F)c(F)c2)O3)cc1. The van der Waals surface area contributed by atoms with E-state index in [1.165, 1.54) is 12.3 Å². The van der Waals surface area contributed by atoms with Gasteiger partial charge in [0.15, 0.2) is 21.5 Å². The van der Waals surface area contributed by atoms with Gasteiger partial charge in [-0.2, -0.15) is 0 Å². The van der Waals surface area contributed by atoms with E-state index < -0.39 is 21.5 Å². The minimum absolute atomic E-state index is 0.0511. The van der Waals surface area contributed by atoms with E-state index in [-0.39, 0.29) is 29.9 Å². The maximum atomic E-state index is 13.3. The van der Waals surface area contributed by atoms with Gasteiger partial charge in [0, 0.05) is 12.7 Å². The first-order valence-corrected chi connectivity index (χ1v) is 11.9. The number of carbonyl (C=O) groups excluding carboxylic acids is 1. The van der Waals surface area contributed by atoms with Gasteiger partial charge >= 0.3 is 0 Å². The Morgan fingerprint density at radius 1 is 1.00 bits per heavy atom. The quantitative estimate of drug-likeness (QED) is 0.613. The molecule has 8 heteroatoms. The second-order valence-corrected chi connectivity index (χ2v) is 9.81. The lowest BCUT2D eigenvalue weighted by Crippen LogP contribution is -2.35. The minimum Gasteiger partial charge on any atom is -0.488 e. The lowest BCUT2D eigenvalue weighted by atomic mass is 10.0. The maximum Gasteiger partial charge on any atom is 0.224 e. The van der Waals surface area contributed by atoms with Gasteiger partial charge in [-0.25, -0.2) is 17.2 Å². The fraction of sp³-hybridized carbons (Fsp3) is 0.208. The van der Waals surface area contributed by atoms with Crippen molar-refractivity contribution in [2.45, 2.75) is 23.8 Å². The topological polar surface area (TPSA) is 72.5 Å². The Morgan fingerprint density at radius 2 is 1.72 bits per heavy atom. The van der Waals surface area contributed by atoms with Crippen LogP contribution in [-0.2, 0) is 27.5 Å². The lowest BCUT2D eigenvalue weighted by molar-refractivity contribution is -0.120. The minimum atomic E-state index is -3.25. The van der Waals surface area contributed by atoms with Crippen LogP contribution in [0, 0.1) is 11.6 Å². The van der Waals surface area contributed by atoms with Crippen molar-refractivity contribution in [2.75, 3.05) is 12.8 Å². The zero-order valence-electron chi connectivity index (χ0n) is 17.3. The number of fused-ring (bicyclic) bond motifs is 1. The van der Waals surface area contributed by atoms with Crippen LogP contribution < -0.4 is 10.1 Å². The molecule has 5 nitrogen and oxygen atoms in total. The van der Waals surface area contributed by atoms with Crippen LogP contribution in [0.1, 0.15) is 11.1 Å². The summed E-state index contributed by atoms with van der Waals surface area (Å²) in [6.45, 7) is 0.287. The van der Waals surface area contributed by atoms with E-state index in [1.807, 2.05) is 18.2 Å². The average Bonchev–Trinajstić information content (AvgIpc) is 3.16. The number of halogens is 2. The van der Waals surface area contributed by atoms with Crippen molar-refractivity contribution >= 4 is 15.7 Å². The van der Waals surface area contributed by atoms with Crippen LogP contribution in [0.3, 0.4) is 0 Å². The molecule has 0 spiro atoms. The predicted molar refractivity (Wildman–Crippen MR) is 116 cm³/mol. The third-order valence-electron chi connectivity index (χ3n) is 5.29. The molecule has 0 aromatic heterocycles. The Hall–Kier alpha value is -3.26. The summed E-state index contributed by atoms with van der Waals surface area (Å²) in [4.78, 5) is 12.4. The van der Waals surface area contributed by atoms with Gasteiger partial charge in [0.05, 0.1) is 17.9 Å². The summed E-state index contributed by atoms with van der Waals surface area (Å²) in [6, 6.07) is 15.9. The summed E-state index contributed by atoms with van der Waals surface area (Å²) < 4.78 is 55.4. The number of benzene rings is 3. The van der Waals surface area contributed by atoms with Crippen LogP contribution in [0.4, 0.5) is 8.78 Å². The fourth-order valence-corrected chi connectivity index (χ4v) is 4.26. The van der Waals surface area contributed by atoms with Crippen molar-refractivity contribution in [1.29, 1.82) is 0 Å². The molecule has 0 saturated carbocycles. The second-order valence-electron chi connectivity index (χ2n) is 7.79. The second kappa shape index (κ2) is 8.70. The molecular formula is C24H21F2NO4S. The molecule has 0 aliphatic carbocycles. The van der Waals surface area contributed by atoms with Gasteiger partial charge in [0.1, 0.15) is 11.9 Å². The number of ether oxygens (including phenoxy) is 1. The summed E-state index contributed by atoms with van der Waals surface area (Å²) in [5.41, 5.74) is 3.22. The third kappa shape index (κ3) is 4.96. The van der Waals surface area contributed by atoms with Crippen molar-refractivity contribution in [3.05, 3.63) is 83.4 Å². The number of hydrogen-bond acceptors (Lipinski definition) is 4. The van der Waals surface area contributed by atoms with E-state index in [9.17, 15) is 22.0 Å². The first kappa shape index (κ1) is 22.0. The van der Waals surface area contributed by atoms with E-state index >= 15 is 0 Å². The van der Waals surface area contributed by atoms with Crippen LogP contribution in [0.15, 0.2) is 65.6 Å². The van der Waals surface area contributed by atoms with Crippen LogP contribution in [0.25, 0.3) is 11.1 Å². The van der Waals surface area contributed by atoms with Crippen LogP contribution in [0.5, 0.6) is 5.75 Å². The van der Waals surface area contributed by atoms with E-state index in [2.05, 4.69) is 5.32 Å². The molecule has 32 heavy (non-hydrogen) atoms. The molecule has 1 aliphatic heterocycles. The fourth-order valence-electron chi connectivity index (χ4n) is 3.63. The number of rotatable bonds is 6. The Bertz CT molecular complexity index is 1270. The molecule has 0 saturated heterocycles. The highest BCUT2D eigenvalue weighted by Crippen LogP contribution is 2.33. The van der Waals surface area contributed by atoms with Crippen LogP contribution in [-0.4, -0.2) is 33.2 Å². The van der Waals surface area contributed by atoms with Crippen molar-refractivity contribution in [3.63, 3.8) is 0 Å². The number of carbonyl (C=O) groups is 1. The van der Waals surface area contributed by atoms with Crippen molar-refractivity contribution in [1.82, 2.24) is 5.32 Å². The highest BCUT2D eigenvalue weighted by Gasteiger charge is 2.24. The normalized spacial score (nSPS) is 15.2. The van der Waals surface area contributed by atoms with E-state index in [1.54, 1.807) is 24.3 Å². The third-order valence-corrected chi connectivity index (χ3v) is 6.42. The Balaban J connectivity index is 1.36. The van der Waals surface area contributed by atoms with Crippen molar-refractivity contribution < 1.29 is 26.7 Å². The summed E-state index contributed by atoms with van der Waals surface area (Å²) in [6.07, 6.45) is 1.49. The van der Waals surface area contributed by atoms with Gasteiger partial charge in [-0.15, -0.1) is 0 Å².